The standard InChI is InChI=1S/C16H13ClN4O2S/c17-13-3-7-15(8-4-13)24-10-9-23-16(22)12-1-5-14(6-2-12)21-11-18-19-20-21/h1-8,11H,9-10H2. The van der Waals surface area contributed by atoms with Gasteiger partial charge < -0.3 is 4.74 Å². The summed E-state index contributed by atoms with van der Waals surface area (Å²) in [7, 11) is 0. The van der Waals surface area contributed by atoms with Crippen LogP contribution in [0.4, 0.5) is 0 Å². The molecular weight excluding hydrogens is 348 g/mol. The smallest absolute Gasteiger partial charge is 0.338 e. The van der Waals surface area contributed by atoms with E-state index in [2.05, 4.69) is 15.5 Å². The third-order valence-corrected chi connectivity index (χ3v) is 4.34. The van der Waals surface area contributed by atoms with Gasteiger partial charge in [0, 0.05) is 15.7 Å². The number of hydrogen-bond acceptors (Lipinski definition) is 6. The Bertz CT molecular complexity index is 792. The van der Waals surface area contributed by atoms with E-state index in [9.17, 15) is 4.79 Å². The van der Waals surface area contributed by atoms with E-state index in [1.807, 2.05) is 24.3 Å². The van der Waals surface area contributed by atoms with Gasteiger partial charge in [-0.25, -0.2) is 9.48 Å². The Morgan fingerprint density at radius 1 is 1.12 bits per heavy atom. The highest BCUT2D eigenvalue weighted by atomic mass is 35.5. The fraction of sp³-hybridized carbons (Fsp3) is 0.125. The molecule has 8 heteroatoms. The van der Waals surface area contributed by atoms with E-state index in [1.54, 1.807) is 36.0 Å². The summed E-state index contributed by atoms with van der Waals surface area (Å²) in [5.74, 6) is 0.325. The average Bonchev–Trinajstić information content (AvgIpc) is 3.15. The Morgan fingerprint density at radius 3 is 2.54 bits per heavy atom. The summed E-state index contributed by atoms with van der Waals surface area (Å²) in [6.07, 6.45) is 1.49. The summed E-state index contributed by atoms with van der Waals surface area (Å²) in [6.45, 7) is 0.334. The number of rotatable bonds is 6. The molecule has 24 heavy (non-hydrogen) atoms. The second-order valence-corrected chi connectivity index (χ2v) is 6.34. The van der Waals surface area contributed by atoms with Gasteiger partial charge in [0.15, 0.2) is 0 Å². The van der Waals surface area contributed by atoms with Crippen LogP contribution in [0, 0.1) is 0 Å². The Morgan fingerprint density at radius 2 is 1.88 bits per heavy atom. The number of halogens is 1. The molecule has 0 spiro atoms. The lowest BCUT2D eigenvalue weighted by molar-refractivity contribution is 0.0530. The summed E-state index contributed by atoms with van der Waals surface area (Å²) in [5.41, 5.74) is 1.26. The average molecular weight is 361 g/mol. The van der Waals surface area contributed by atoms with Gasteiger partial charge in [0.1, 0.15) is 12.9 Å². The van der Waals surface area contributed by atoms with E-state index in [0.29, 0.717) is 22.9 Å². The molecule has 0 bridgehead atoms. The number of carbonyl (C=O) groups is 1. The van der Waals surface area contributed by atoms with Crippen LogP contribution < -0.4 is 0 Å². The number of carbonyl (C=O) groups excluding carboxylic acids is 1. The maximum Gasteiger partial charge on any atom is 0.338 e. The molecule has 0 saturated heterocycles. The van der Waals surface area contributed by atoms with Gasteiger partial charge in [0.2, 0.25) is 0 Å². The first-order valence-electron chi connectivity index (χ1n) is 7.11. The molecule has 0 saturated carbocycles. The van der Waals surface area contributed by atoms with Crippen molar-refractivity contribution in [2.24, 2.45) is 0 Å². The lowest BCUT2D eigenvalue weighted by Gasteiger charge is -2.06. The van der Waals surface area contributed by atoms with Crippen molar-refractivity contribution in [3.8, 4) is 5.69 Å². The van der Waals surface area contributed by atoms with Crippen molar-refractivity contribution in [1.29, 1.82) is 0 Å². The van der Waals surface area contributed by atoms with E-state index in [4.69, 9.17) is 16.3 Å². The van der Waals surface area contributed by atoms with Crippen LogP contribution in [0.2, 0.25) is 5.02 Å². The molecule has 0 fully saturated rings. The van der Waals surface area contributed by atoms with Crippen molar-refractivity contribution >= 4 is 29.3 Å². The number of thioether (sulfide) groups is 1. The molecule has 0 aliphatic carbocycles. The minimum absolute atomic E-state index is 0.334. The van der Waals surface area contributed by atoms with Crippen LogP contribution in [0.5, 0.6) is 0 Å². The van der Waals surface area contributed by atoms with Crippen LogP contribution in [0.25, 0.3) is 5.69 Å². The van der Waals surface area contributed by atoms with Crippen LogP contribution in [-0.4, -0.2) is 38.5 Å². The summed E-state index contributed by atoms with van der Waals surface area (Å²) >= 11 is 7.44. The molecule has 0 amide bonds. The van der Waals surface area contributed by atoms with Crippen LogP contribution in [0.1, 0.15) is 10.4 Å². The van der Waals surface area contributed by atoms with Gasteiger partial charge >= 0.3 is 5.97 Å². The maximum atomic E-state index is 12.0. The fourth-order valence-corrected chi connectivity index (χ4v) is 2.79. The predicted molar refractivity (Wildman–Crippen MR) is 91.6 cm³/mol. The number of tetrazole rings is 1. The van der Waals surface area contributed by atoms with Gasteiger partial charge in [-0.2, -0.15) is 0 Å². The first kappa shape index (κ1) is 16.5. The third-order valence-electron chi connectivity index (χ3n) is 3.12. The van der Waals surface area contributed by atoms with Gasteiger partial charge in [-0.15, -0.1) is 16.9 Å². The highest BCUT2D eigenvalue weighted by Gasteiger charge is 2.07. The van der Waals surface area contributed by atoms with E-state index in [1.165, 1.54) is 11.0 Å². The lowest BCUT2D eigenvalue weighted by Crippen LogP contribution is -2.08. The normalized spacial score (nSPS) is 10.5. The number of hydrogen-bond donors (Lipinski definition) is 0. The molecule has 0 aliphatic rings. The largest absolute Gasteiger partial charge is 0.461 e. The zero-order chi connectivity index (χ0) is 16.8. The van der Waals surface area contributed by atoms with Gasteiger partial charge in [-0.05, 0) is 59.0 Å². The van der Waals surface area contributed by atoms with Gasteiger partial charge in [0.25, 0.3) is 0 Å². The molecule has 122 valence electrons. The monoisotopic (exact) mass is 360 g/mol. The Balaban J connectivity index is 1.47. The summed E-state index contributed by atoms with van der Waals surface area (Å²) in [5, 5.41) is 11.6. The van der Waals surface area contributed by atoms with Gasteiger partial charge in [-0.1, -0.05) is 11.6 Å². The van der Waals surface area contributed by atoms with E-state index in [-0.39, 0.29) is 5.97 Å². The second-order valence-electron chi connectivity index (χ2n) is 4.74. The molecule has 0 aliphatic heterocycles. The molecule has 0 unspecified atom stereocenters. The van der Waals surface area contributed by atoms with E-state index >= 15 is 0 Å². The quantitative estimate of drug-likeness (QED) is 0.382. The first-order chi connectivity index (χ1) is 11.7. The molecule has 2 aromatic carbocycles. The topological polar surface area (TPSA) is 69.9 Å². The third kappa shape index (κ3) is 4.33. The number of ether oxygens (including phenoxy) is 1. The Labute approximate surface area is 147 Å². The van der Waals surface area contributed by atoms with E-state index in [0.717, 1.165) is 10.6 Å². The minimum atomic E-state index is -0.352. The van der Waals surface area contributed by atoms with Crippen LogP contribution in [-0.2, 0) is 4.74 Å². The van der Waals surface area contributed by atoms with E-state index < -0.39 is 0 Å². The zero-order valence-corrected chi connectivity index (χ0v) is 14.1. The molecule has 0 radical (unpaired) electrons. The SMILES string of the molecule is O=C(OCCSc1ccc(Cl)cc1)c1ccc(-n2cnnn2)cc1. The number of nitrogens with zero attached hydrogens (tertiary/aromatic N) is 4. The summed E-state index contributed by atoms with van der Waals surface area (Å²) in [4.78, 5) is 13.1. The predicted octanol–water partition coefficient (Wildman–Crippen LogP) is 3.26. The van der Waals surface area contributed by atoms with Crippen molar-refractivity contribution in [2.75, 3.05) is 12.4 Å². The van der Waals surface area contributed by atoms with Gasteiger partial charge in [0.05, 0.1) is 11.3 Å². The number of esters is 1. The zero-order valence-electron chi connectivity index (χ0n) is 12.5. The van der Waals surface area contributed by atoms with Crippen molar-refractivity contribution < 1.29 is 9.53 Å². The second kappa shape index (κ2) is 7.94. The number of aromatic nitrogens is 4. The van der Waals surface area contributed by atoms with Crippen molar-refractivity contribution in [2.45, 2.75) is 4.90 Å². The molecule has 3 rings (SSSR count). The summed E-state index contributed by atoms with van der Waals surface area (Å²) in [6, 6.07) is 14.4. The lowest BCUT2D eigenvalue weighted by atomic mass is 10.2. The first-order valence-corrected chi connectivity index (χ1v) is 8.48. The highest BCUT2D eigenvalue weighted by Crippen LogP contribution is 2.20. The molecule has 6 nitrogen and oxygen atoms in total. The van der Waals surface area contributed by atoms with Crippen molar-refractivity contribution in [3.63, 3.8) is 0 Å². The molecule has 3 aromatic rings. The van der Waals surface area contributed by atoms with Gasteiger partial charge in [-0.3, -0.25) is 0 Å². The maximum absolute atomic E-state index is 12.0. The number of benzene rings is 2. The Hall–Kier alpha value is -2.38. The van der Waals surface area contributed by atoms with Crippen LogP contribution in [0.3, 0.4) is 0 Å². The van der Waals surface area contributed by atoms with Crippen LogP contribution >= 0.6 is 23.4 Å². The molecule has 0 atom stereocenters. The van der Waals surface area contributed by atoms with Crippen molar-refractivity contribution in [1.82, 2.24) is 20.2 Å². The fourth-order valence-electron chi connectivity index (χ4n) is 1.94. The van der Waals surface area contributed by atoms with Crippen molar-refractivity contribution in [3.05, 3.63) is 65.4 Å². The molecule has 1 heterocycles. The minimum Gasteiger partial charge on any atom is -0.461 e. The molecule has 0 N–H and O–H groups in total. The van der Waals surface area contributed by atoms with Crippen LogP contribution in [0.15, 0.2) is 59.8 Å². The summed E-state index contributed by atoms with van der Waals surface area (Å²) < 4.78 is 6.78. The Kier molecular flexibility index (Phi) is 5.45. The highest BCUT2D eigenvalue weighted by molar-refractivity contribution is 7.99. The molecular formula is C16H13ClN4O2S. The molecule has 1 aromatic heterocycles.